The van der Waals surface area contributed by atoms with Crippen LogP contribution in [0.25, 0.3) is 10.8 Å². The van der Waals surface area contributed by atoms with Gasteiger partial charge >= 0.3 is 6.01 Å². The van der Waals surface area contributed by atoms with Crippen molar-refractivity contribution in [2.45, 2.75) is 10.6 Å². The number of thiophene rings is 1. The van der Waals surface area contributed by atoms with Crippen LogP contribution >= 0.6 is 11.3 Å². The molecule has 0 aliphatic rings. The van der Waals surface area contributed by atoms with Crippen LogP contribution in [0.1, 0.15) is 15.9 Å². The molecule has 0 saturated heterocycles. The first-order chi connectivity index (χ1) is 14.0. The highest BCUT2D eigenvalue weighted by Gasteiger charge is 2.17. The van der Waals surface area contributed by atoms with Gasteiger partial charge in [0.25, 0.3) is 11.8 Å². The highest BCUT2D eigenvalue weighted by atomic mass is 32.2. The van der Waals surface area contributed by atoms with Gasteiger partial charge in [0.15, 0.2) is 9.84 Å². The smallest absolute Gasteiger partial charge is 0.322 e. The maximum atomic E-state index is 12.6. The Labute approximate surface area is 171 Å². The van der Waals surface area contributed by atoms with E-state index in [1.54, 1.807) is 24.3 Å². The summed E-state index contributed by atoms with van der Waals surface area (Å²) >= 11 is 1.44. The van der Waals surface area contributed by atoms with E-state index >= 15 is 0 Å². The third-order valence-corrected chi connectivity index (χ3v) is 6.61. The zero-order valence-electron chi connectivity index (χ0n) is 15.0. The number of carbonyl (C=O) groups excluding carboxylic acids is 1. The van der Waals surface area contributed by atoms with Crippen molar-refractivity contribution in [1.29, 1.82) is 0 Å². The van der Waals surface area contributed by atoms with Gasteiger partial charge in [-0.3, -0.25) is 10.1 Å². The predicted molar refractivity (Wildman–Crippen MR) is 109 cm³/mol. The number of anilines is 1. The Morgan fingerprint density at radius 1 is 0.966 bits per heavy atom. The van der Waals surface area contributed by atoms with E-state index in [0.717, 1.165) is 4.88 Å². The number of carbonyl (C=O) groups is 1. The maximum absolute atomic E-state index is 12.6. The number of hydrogen-bond acceptors (Lipinski definition) is 7. The van der Waals surface area contributed by atoms with Crippen molar-refractivity contribution in [2.24, 2.45) is 0 Å². The maximum Gasteiger partial charge on any atom is 0.322 e. The summed E-state index contributed by atoms with van der Waals surface area (Å²) in [7, 11) is -3.51. The van der Waals surface area contributed by atoms with Gasteiger partial charge in [-0.1, -0.05) is 41.5 Å². The zero-order valence-corrected chi connectivity index (χ0v) is 16.6. The molecule has 0 saturated carbocycles. The first kappa shape index (κ1) is 19.0. The molecule has 1 N–H and O–H groups in total. The minimum absolute atomic E-state index is 0.0285. The third-order valence-electron chi connectivity index (χ3n) is 4.05. The van der Waals surface area contributed by atoms with Crippen LogP contribution < -0.4 is 5.32 Å². The van der Waals surface area contributed by atoms with Crippen LogP contribution in [0.3, 0.4) is 0 Å². The molecule has 0 bridgehead atoms. The molecule has 0 atom stereocenters. The van der Waals surface area contributed by atoms with E-state index in [-0.39, 0.29) is 22.2 Å². The zero-order chi connectivity index (χ0) is 20.3. The van der Waals surface area contributed by atoms with Crippen LogP contribution in [0, 0.1) is 0 Å². The van der Waals surface area contributed by atoms with Crippen molar-refractivity contribution >= 4 is 33.1 Å². The van der Waals surface area contributed by atoms with Gasteiger partial charge in [-0.25, -0.2) is 8.42 Å². The van der Waals surface area contributed by atoms with Gasteiger partial charge in [-0.05, 0) is 41.3 Å². The van der Waals surface area contributed by atoms with Crippen LogP contribution in [0.5, 0.6) is 0 Å². The second-order valence-corrected chi connectivity index (χ2v) is 9.05. The molecule has 2 heterocycles. The van der Waals surface area contributed by atoms with Gasteiger partial charge in [0.2, 0.25) is 0 Å². The number of amides is 1. The van der Waals surface area contributed by atoms with Crippen LogP contribution in [0.15, 0.2) is 81.4 Å². The van der Waals surface area contributed by atoms with Gasteiger partial charge in [0.1, 0.15) is 0 Å². The number of hydrogen-bond donors (Lipinski definition) is 1. The molecule has 7 nitrogen and oxygen atoms in total. The monoisotopic (exact) mass is 425 g/mol. The quantitative estimate of drug-likeness (QED) is 0.500. The molecule has 2 aromatic heterocycles. The molecule has 0 aliphatic heterocycles. The number of nitrogens with one attached hydrogen (secondary N) is 1. The van der Waals surface area contributed by atoms with Crippen LogP contribution in [-0.4, -0.2) is 24.5 Å². The third kappa shape index (κ3) is 4.41. The fourth-order valence-corrected chi connectivity index (χ4v) is 4.63. The van der Waals surface area contributed by atoms with Gasteiger partial charge in [0, 0.05) is 5.56 Å². The molecule has 146 valence electrons. The molecule has 0 spiro atoms. The van der Waals surface area contributed by atoms with Crippen LogP contribution in [-0.2, 0) is 15.6 Å². The Hall–Kier alpha value is -3.30. The highest BCUT2D eigenvalue weighted by molar-refractivity contribution is 7.90. The lowest BCUT2D eigenvalue weighted by molar-refractivity contribution is 0.102. The summed E-state index contributed by atoms with van der Waals surface area (Å²) in [4.78, 5) is 13.3. The molecule has 4 aromatic rings. The van der Waals surface area contributed by atoms with E-state index in [1.807, 2.05) is 23.6 Å². The number of nitrogens with zero attached hydrogens (tertiary/aromatic N) is 2. The standard InChI is InChI=1S/C20H15N3O4S2/c24-18(21-20-23-22-19(27-20)17-7-4-12-28-17)15-8-10-16(11-9-15)29(25,26)13-14-5-2-1-3-6-14/h1-12H,13H2,(H,21,23,24). The molecule has 9 heteroatoms. The lowest BCUT2D eigenvalue weighted by Crippen LogP contribution is -2.12. The van der Waals surface area contributed by atoms with Crippen molar-refractivity contribution < 1.29 is 17.6 Å². The van der Waals surface area contributed by atoms with Crippen LogP contribution in [0.4, 0.5) is 6.01 Å². The number of sulfone groups is 1. The average Bonchev–Trinajstić information content (AvgIpc) is 3.40. The number of benzene rings is 2. The van der Waals surface area contributed by atoms with Gasteiger partial charge in [0.05, 0.1) is 15.5 Å². The minimum Gasteiger partial charge on any atom is -0.402 e. The van der Waals surface area contributed by atoms with Crippen molar-refractivity contribution in [3.63, 3.8) is 0 Å². The summed E-state index contributed by atoms with van der Waals surface area (Å²) in [5.41, 5.74) is 0.979. The van der Waals surface area contributed by atoms with E-state index in [0.29, 0.717) is 11.5 Å². The molecule has 4 rings (SSSR count). The molecule has 0 fully saturated rings. The Morgan fingerprint density at radius 3 is 2.41 bits per heavy atom. The lowest BCUT2D eigenvalue weighted by Gasteiger charge is -2.06. The summed E-state index contributed by atoms with van der Waals surface area (Å²) in [5.74, 6) is -0.261. The summed E-state index contributed by atoms with van der Waals surface area (Å²) in [5, 5.41) is 12.1. The van der Waals surface area contributed by atoms with E-state index < -0.39 is 15.7 Å². The van der Waals surface area contributed by atoms with Gasteiger partial charge in [-0.15, -0.1) is 16.4 Å². The molecule has 2 aromatic carbocycles. The largest absolute Gasteiger partial charge is 0.402 e. The molecular weight excluding hydrogens is 410 g/mol. The Bertz CT molecular complexity index is 1220. The normalized spacial score (nSPS) is 11.3. The fourth-order valence-electron chi connectivity index (χ4n) is 2.63. The lowest BCUT2D eigenvalue weighted by atomic mass is 10.2. The minimum atomic E-state index is -3.51. The topological polar surface area (TPSA) is 102 Å². The Kier molecular flexibility index (Phi) is 5.24. The van der Waals surface area contributed by atoms with Crippen molar-refractivity contribution in [2.75, 3.05) is 5.32 Å². The average molecular weight is 425 g/mol. The van der Waals surface area contributed by atoms with E-state index in [2.05, 4.69) is 15.5 Å². The van der Waals surface area contributed by atoms with Crippen molar-refractivity contribution in [3.8, 4) is 10.8 Å². The second kappa shape index (κ2) is 7.98. The number of rotatable bonds is 6. The molecule has 0 radical (unpaired) electrons. The SMILES string of the molecule is O=C(Nc1nnc(-c2cccs2)o1)c1ccc(S(=O)(=O)Cc2ccccc2)cc1. The Morgan fingerprint density at radius 2 is 1.72 bits per heavy atom. The molecule has 29 heavy (non-hydrogen) atoms. The van der Waals surface area contributed by atoms with Gasteiger partial charge in [-0.2, -0.15) is 0 Å². The summed E-state index contributed by atoms with van der Waals surface area (Å²) in [6.07, 6.45) is 0. The fraction of sp³-hybridized carbons (Fsp3) is 0.0500. The highest BCUT2D eigenvalue weighted by Crippen LogP contribution is 2.24. The van der Waals surface area contributed by atoms with Crippen molar-refractivity contribution in [3.05, 3.63) is 83.2 Å². The second-order valence-electron chi connectivity index (χ2n) is 6.11. The first-order valence-corrected chi connectivity index (χ1v) is 11.1. The summed E-state index contributed by atoms with van der Waals surface area (Å²) < 4.78 is 30.5. The van der Waals surface area contributed by atoms with E-state index in [9.17, 15) is 13.2 Å². The summed E-state index contributed by atoms with van der Waals surface area (Å²) in [6, 6.07) is 18.3. The molecule has 1 amide bonds. The summed E-state index contributed by atoms with van der Waals surface area (Å²) in [6.45, 7) is 0. The Balaban J connectivity index is 1.45. The first-order valence-electron chi connectivity index (χ1n) is 8.57. The predicted octanol–water partition coefficient (Wildman–Crippen LogP) is 4.02. The van der Waals surface area contributed by atoms with E-state index in [4.69, 9.17) is 4.42 Å². The molecular formula is C20H15N3O4S2. The molecule has 0 unspecified atom stereocenters. The molecule has 0 aliphatic carbocycles. The number of aromatic nitrogens is 2. The van der Waals surface area contributed by atoms with Crippen LogP contribution in [0.2, 0.25) is 0 Å². The van der Waals surface area contributed by atoms with E-state index in [1.165, 1.54) is 35.6 Å². The van der Waals surface area contributed by atoms with Gasteiger partial charge < -0.3 is 4.42 Å². The van der Waals surface area contributed by atoms with Crippen molar-refractivity contribution in [1.82, 2.24) is 10.2 Å².